The lowest BCUT2D eigenvalue weighted by molar-refractivity contribution is -0.162. The Hall–Kier alpha value is -4.36. The summed E-state index contributed by atoms with van der Waals surface area (Å²) >= 11 is 0. The van der Waals surface area contributed by atoms with Crippen molar-refractivity contribution in [1.82, 2.24) is 19.2 Å². The molecule has 1 aliphatic rings. The molecule has 230 valence electrons. The summed E-state index contributed by atoms with van der Waals surface area (Å²) < 4.78 is 30.3. The number of aromatic nitrogens is 4. The molecule has 5 rings (SSSR count). The van der Waals surface area contributed by atoms with Gasteiger partial charge in [0, 0.05) is 18.0 Å². The number of hydrogen-bond acceptors (Lipinski definition) is 7. The number of nitrogens with zero attached hydrogens (tertiary/aromatic N) is 5. The van der Waals surface area contributed by atoms with Crippen LogP contribution in [0, 0.1) is 17.1 Å². The standard InChI is InChI=1S/C34H38FN5O4/c1-4-9-30-28(18-23-13-12-22(19-29(23)35)27-11-8-7-10-24(27)20-36)32(41)39(34-37-21-38-40(30)34)25-14-16-26(17-15-25)44-31(5-2)33(42)43-6-3/h7-8,10-13,19,21,25-26,31H,4-6,9,14-18H2,1-3H3. The number of benzene rings is 2. The predicted octanol–water partition coefficient (Wildman–Crippen LogP) is 5.95. The number of carbonyl (C=O) groups excluding carboxylic acids is 1. The fourth-order valence-corrected chi connectivity index (χ4v) is 6.18. The van der Waals surface area contributed by atoms with E-state index in [0.29, 0.717) is 78.7 Å². The topological polar surface area (TPSA) is 112 Å². The molecule has 2 aromatic heterocycles. The fraction of sp³-hybridized carbons (Fsp3) is 0.441. The van der Waals surface area contributed by atoms with Crippen LogP contribution in [0.25, 0.3) is 16.9 Å². The van der Waals surface area contributed by atoms with Crippen molar-refractivity contribution in [3.63, 3.8) is 0 Å². The Morgan fingerprint density at radius 1 is 1.14 bits per heavy atom. The van der Waals surface area contributed by atoms with Crippen LogP contribution in [0.2, 0.25) is 0 Å². The van der Waals surface area contributed by atoms with Crippen molar-refractivity contribution in [1.29, 1.82) is 5.26 Å². The summed E-state index contributed by atoms with van der Waals surface area (Å²) in [6.45, 7) is 6.01. The maximum absolute atomic E-state index is 15.6. The van der Waals surface area contributed by atoms with E-state index in [1.54, 1.807) is 46.3 Å². The molecule has 0 bridgehead atoms. The number of fused-ring (bicyclic) bond motifs is 1. The summed E-state index contributed by atoms with van der Waals surface area (Å²) in [5.74, 6) is -0.301. The molecule has 1 unspecified atom stereocenters. The number of esters is 1. The van der Waals surface area contributed by atoms with E-state index >= 15 is 4.39 Å². The first-order chi connectivity index (χ1) is 21.4. The Bertz CT molecular complexity index is 1730. The summed E-state index contributed by atoms with van der Waals surface area (Å²) in [5.41, 5.74) is 3.17. The highest BCUT2D eigenvalue weighted by Crippen LogP contribution is 2.32. The maximum Gasteiger partial charge on any atom is 0.335 e. The number of aryl methyl sites for hydroxylation is 1. The maximum atomic E-state index is 15.6. The molecule has 10 heteroatoms. The zero-order valence-electron chi connectivity index (χ0n) is 25.5. The first kappa shape index (κ1) is 31.1. The third-order valence-electron chi connectivity index (χ3n) is 8.38. The van der Waals surface area contributed by atoms with Crippen LogP contribution < -0.4 is 5.56 Å². The second-order valence-electron chi connectivity index (χ2n) is 11.2. The SMILES string of the molecule is CCCc1c(Cc2ccc(-c3ccccc3C#N)cc2F)c(=O)n(C2CCC(OC(CC)C(=O)OCC)CC2)c2ncnn12. The zero-order chi connectivity index (χ0) is 31.2. The van der Waals surface area contributed by atoms with E-state index in [0.717, 1.165) is 12.1 Å². The monoisotopic (exact) mass is 599 g/mol. The molecule has 44 heavy (non-hydrogen) atoms. The van der Waals surface area contributed by atoms with Gasteiger partial charge in [0.1, 0.15) is 12.1 Å². The Morgan fingerprint density at radius 2 is 1.91 bits per heavy atom. The van der Waals surface area contributed by atoms with Crippen molar-refractivity contribution in [2.45, 2.75) is 90.4 Å². The van der Waals surface area contributed by atoms with Gasteiger partial charge >= 0.3 is 5.97 Å². The van der Waals surface area contributed by atoms with Crippen molar-refractivity contribution < 1.29 is 18.7 Å². The van der Waals surface area contributed by atoms with Gasteiger partial charge in [0.15, 0.2) is 6.10 Å². The summed E-state index contributed by atoms with van der Waals surface area (Å²) in [4.78, 5) is 31.0. The van der Waals surface area contributed by atoms with Gasteiger partial charge in [0.25, 0.3) is 5.56 Å². The largest absolute Gasteiger partial charge is 0.464 e. The highest BCUT2D eigenvalue weighted by molar-refractivity contribution is 5.74. The minimum Gasteiger partial charge on any atom is -0.464 e. The van der Waals surface area contributed by atoms with E-state index in [-0.39, 0.29) is 30.1 Å². The van der Waals surface area contributed by atoms with Crippen LogP contribution in [0.5, 0.6) is 0 Å². The van der Waals surface area contributed by atoms with Crippen molar-refractivity contribution in [3.05, 3.63) is 87.3 Å². The number of ether oxygens (including phenoxy) is 2. The summed E-state index contributed by atoms with van der Waals surface area (Å²) in [5, 5.41) is 14.0. The Morgan fingerprint density at radius 3 is 2.59 bits per heavy atom. The lowest BCUT2D eigenvalue weighted by atomic mass is 9.92. The fourth-order valence-electron chi connectivity index (χ4n) is 6.18. The van der Waals surface area contributed by atoms with Crippen LogP contribution in [0.1, 0.15) is 87.7 Å². The van der Waals surface area contributed by atoms with Gasteiger partial charge in [-0.2, -0.15) is 15.3 Å². The Kier molecular flexibility index (Phi) is 9.85. The second-order valence-corrected chi connectivity index (χ2v) is 11.2. The van der Waals surface area contributed by atoms with Crippen LogP contribution in [0.4, 0.5) is 4.39 Å². The molecule has 1 atom stereocenters. The van der Waals surface area contributed by atoms with E-state index in [1.807, 2.05) is 19.9 Å². The van der Waals surface area contributed by atoms with Crippen LogP contribution in [-0.4, -0.2) is 43.9 Å². The molecular formula is C34H38FN5O4. The molecule has 2 heterocycles. The first-order valence-corrected chi connectivity index (χ1v) is 15.5. The van der Waals surface area contributed by atoms with Gasteiger partial charge in [0.05, 0.1) is 30.0 Å². The van der Waals surface area contributed by atoms with Gasteiger partial charge in [-0.25, -0.2) is 13.7 Å². The average Bonchev–Trinajstić information content (AvgIpc) is 3.52. The Balaban J connectivity index is 1.45. The van der Waals surface area contributed by atoms with Crippen LogP contribution in [0.3, 0.4) is 0 Å². The summed E-state index contributed by atoms with van der Waals surface area (Å²) in [7, 11) is 0. The van der Waals surface area contributed by atoms with E-state index < -0.39 is 11.9 Å². The molecule has 1 saturated carbocycles. The van der Waals surface area contributed by atoms with E-state index in [4.69, 9.17) is 9.47 Å². The quantitative estimate of drug-likeness (QED) is 0.196. The third-order valence-corrected chi connectivity index (χ3v) is 8.38. The smallest absolute Gasteiger partial charge is 0.335 e. The molecule has 0 saturated heterocycles. The van der Waals surface area contributed by atoms with Gasteiger partial charge in [-0.05, 0) is 74.3 Å². The number of hydrogen-bond donors (Lipinski definition) is 0. The van der Waals surface area contributed by atoms with E-state index in [9.17, 15) is 14.9 Å². The van der Waals surface area contributed by atoms with Gasteiger partial charge in [-0.15, -0.1) is 0 Å². The molecule has 0 amide bonds. The highest BCUT2D eigenvalue weighted by atomic mass is 19.1. The summed E-state index contributed by atoms with van der Waals surface area (Å²) in [6, 6.07) is 14.0. The minimum absolute atomic E-state index is 0.103. The van der Waals surface area contributed by atoms with E-state index in [2.05, 4.69) is 16.2 Å². The van der Waals surface area contributed by atoms with Crippen molar-refractivity contribution in [3.8, 4) is 17.2 Å². The minimum atomic E-state index is -0.600. The number of carbonyl (C=O) groups is 1. The average molecular weight is 600 g/mol. The van der Waals surface area contributed by atoms with Gasteiger partial charge < -0.3 is 9.47 Å². The molecule has 9 nitrogen and oxygen atoms in total. The number of halogens is 1. The molecule has 2 aromatic carbocycles. The molecule has 0 spiro atoms. The van der Waals surface area contributed by atoms with Crippen molar-refractivity contribution in [2.75, 3.05) is 6.61 Å². The first-order valence-electron chi connectivity index (χ1n) is 15.5. The molecule has 0 radical (unpaired) electrons. The lowest BCUT2D eigenvalue weighted by Gasteiger charge is -2.32. The zero-order valence-corrected chi connectivity index (χ0v) is 25.5. The van der Waals surface area contributed by atoms with Gasteiger partial charge in [0.2, 0.25) is 5.78 Å². The molecule has 0 N–H and O–H groups in total. The highest BCUT2D eigenvalue weighted by Gasteiger charge is 2.31. The Labute approximate surface area is 256 Å². The molecule has 1 fully saturated rings. The second kappa shape index (κ2) is 14.0. The molecule has 0 aliphatic heterocycles. The summed E-state index contributed by atoms with van der Waals surface area (Å²) in [6.07, 6.45) is 5.44. The van der Waals surface area contributed by atoms with Crippen molar-refractivity contribution in [2.24, 2.45) is 0 Å². The van der Waals surface area contributed by atoms with Crippen molar-refractivity contribution >= 4 is 11.7 Å². The predicted molar refractivity (Wildman–Crippen MR) is 164 cm³/mol. The van der Waals surface area contributed by atoms with Gasteiger partial charge in [-0.1, -0.05) is 50.6 Å². The number of rotatable bonds is 11. The molecule has 4 aromatic rings. The number of nitriles is 1. The van der Waals surface area contributed by atoms with Gasteiger partial charge in [-0.3, -0.25) is 9.36 Å². The molecular weight excluding hydrogens is 561 g/mol. The molecule has 1 aliphatic carbocycles. The van der Waals surface area contributed by atoms with E-state index in [1.165, 1.54) is 12.4 Å². The normalized spacial score (nSPS) is 17.3. The van der Waals surface area contributed by atoms with Crippen LogP contribution in [-0.2, 0) is 27.1 Å². The van der Waals surface area contributed by atoms with Crippen LogP contribution in [0.15, 0.2) is 53.6 Å². The lowest BCUT2D eigenvalue weighted by Crippen LogP contribution is -2.37. The third kappa shape index (κ3) is 6.29. The van der Waals surface area contributed by atoms with Crippen LogP contribution >= 0.6 is 0 Å².